The van der Waals surface area contributed by atoms with E-state index < -0.39 is 0 Å². The van der Waals surface area contributed by atoms with Gasteiger partial charge < -0.3 is 0 Å². The van der Waals surface area contributed by atoms with Crippen molar-refractivity contribution in [2.75, 3.05) is 0 Å². The highest BCUT2D eigenvalue weighted by molar-refractivity contribution is 5.61. The first-order valence-corrected chi connectivity index (χ1v) is 19.1. The van der Waals surface area contributed by atoms with Gasteiger partial charge in [-0.3, -0.25) is 9.15 Å². The van der Waals surface area contributed by atoms with Gasteiger partial charge in [0.1, 0.15) is 31.2 Å². The molecule has 0 N–H and O–H groups in total. The summed E-state index contributed by atoms with van der Waals surface area (Å²) in [4.78, 5) is 0. The van der Waals surface area contributed by atoms with Gasteiger partial charge in [0.2, 0.25) is 5.35 Å². The molecule has 1 fully saturated rings. The van der Waals surface area contributed by atoms with E-state index in [0.29, 0.717) is 23.7 Å². The monoisotopic (exact) mass is 684 g/mol. The topological polar surface area (TPSA) is 11.9 Å². The first-order chi connectivity index (χ1) is 25.2. The SMILES string of the molecule is C=[N+]1C=C(CC[C@H]2C[C@@H](CCc3ccc(=C4C=CC=CC4C)[n+](=C)c3)C[C@@H](C3=C[N+](=C)[C-](c4ccccc4C)C=C3)C2)C=C[C-]1c1ccccc1C. The largest absolute Gasteiger partial charge is 0.255 e. The van der Waals surface area contributed by atoms with Gasteiger partial charge in [-0.1, -0.05) is 105 Å². The van der Waals surface area contributed by atoms with Gasteiger partial charge in [-0.2, -0.15) is 4.24 Å². The van der Waals surface area contributed by atoms with Crippen molar-refractivity contribution in [3.05, 3.63) is 191 Å². The first kappa shape index (κ1) is 35.3. The average molecular weight is 685 g/mol. The molecule has 3 nitrogen and oxygen atoms in total. The minimum Gasteiger partial charge on any atom is -0.255 e. The molecule has 4 atom stereocenters. The van der Waals surface area contributed by atoms with Crippen molar-refractivity contribution < 1.29 is 13.4 Å². The van der Waals surface area contributed by atoms with E-state index >= 15 is 0 Å². The van der Waals surface area contributed by atoms with Gasteiger partial charge in [0, 0.05) is 23.1 Å². The Morgan fingerprint density at radius 2 is 1.33 bits per heavy atom. The first-order valence-electron chi connectivity index (χ1n) is 19.1. The number of hydrogen-bond acceptors (Lipinski definition) is 0. The molecule has 1 saturated carbocycles. The van der Waals surface area contributed by atoms with Crippen molar-refractivity contribution in [2.45, 2.75) is 65.7 Å². The van der Waals surface area contributed by atoms with Gasteiger partial charge >= 0.3 is 0 Å². The molecule has 2 aromatic carbocycles. The van der Waals surface area contributed by atoms with Crippen LogP contribution in [0.25, 0.3) is 5.57 Å². The fourth-order valence-electron chi connectivity index (χ4n) is 8.78. The van der Waals surface area contributed by atoms with Crippen molar-refractivity contribution >= 4 is 19.0 Å². The summed E-state index contributed by atoms with van der Waals surface area (Å²) in [6.07, 6.45) is 33.0. The molecule has 0 radical (unpaired) electrons. The Balaban J connectivity index is 1.06. The number of aromatic nitrogens is 1. The number of benzene rings is 2. The van der Waals surface area contributed by atoms with E-state index in [9.17, 15) is 0 Å². The minimum atomic E-state index is 0.396. The van der Waals surface area contributed by atoms with E-state index in [0.717, 1.165) is 18.9 Å². The summed E-state index contributed by atoms with van der Waals surface area (Å²) in [6, 6.07) is 24.1. The maximum atomic E-state index is 4.47. The lowest BCUT2D eigenvalue weighted by molar-refractivity contribution is -0.514. The summed E-state index contributed by atoms with van der Waals surface area (Å²) in [5, 5.41) is 1.20. The lowest BCUT2D eigenvalue weighted by Gasteiger charge is -2.37. The highest BCUT2D eigenvalue weighted by atomic mass is 15.0. The van der Waals surface area contributed by atoms with Gasteiger partial charge in [0.15, 0.2) is 6.20 Å². The third-order valence-corrected chi connectivity index (χ3v) is 11.7. The standard InChI is InChI=1S/C49H54N3/c1-35-13-7-10-16-44(35)47-26-23-38(32-50(47)4)19-21-40-29-41(22-20-39-24-27-48(51(5)33-39)45-17-11-8-14-36(45)2)31-43(30-40)42-25-28-49(52(6)34-42)46-18-12-9-15-37(46)3/h7-18,23-28,32-35,40-41,43H,4-6,19-22,29-31H2,1-3H3/q+1/t35?,40-,41+,43-/m1/s1. The molecule has 264 valence electrons. The van der Waals surface area contributed by atoms with E-state index in [4.69, 9.17) is 0 Å². The number of hydrogen-bond donors (Lipinski definition) is 0. The summed E-state index contributed by atoms with van der Waals surface area (Å²) >= 11 is 0. The van der Waals surface area contributed by atoms with Crippen LogP contribution in [-0.4, -0.2) is 22.6 Å². The number of pyridine rings is 1. The van der Waals surface area contributed by atoms with Gasteiger partial charge in [-0.15, -0.1) is 12.1 Å². The Kier molecular flexibility index (Phi) is 10.6. The molecule has 3 heteroatoms. The average Bonchev–Trinajstić information content (AvgIpc) is 3.14. The second-order valence-corrected chi connectivity index (χ2v) is 15.4. The van der Waals surface area contributed by atoms with Crippen molar-refractivity contribution in [3.63, 3.8) is 0 Å². The van der Waals surface area contributed by atoms with E-state index in [2.05, 4.69) is 182 Å². The molecule has 3 aromatic rings. The number of aryl methyl sites for hydroxylation is 3. The van der Waals surface area contributed by atoms with E-state index in [-0.39, 0.29) is 0 Å². The zero-order chi connectivity index (χ0) is 36.2. The van der Waals surface area contributed by atoms with Crippen molar-refractivity contribution in [3.8, 4) is 0 Å². The van der Waals surface area contributed by atoms with Crippen LogP contribution in [0.2, 0.25) is 0 Å². The number of allylic oxidation sites excluding steroid dienone is 8. The Hall–Kier alpha value is -5.15. The van der Waals surface area contributed by atoms with Crippen LogP contribution in [-0.2, 0) is 6.42 Å². The molecule has 2 aliphatic carbocycles. The Labute approximate surface area is 311 Å². The van der Waals surface area contributed by atoms with Crippen LogP contribution in [0.3, 0.4) is 0 Å². The second kappa shape index (κ2) is 15.6. The quantitative estimate of drug-likeness (QED) is 0.157. The second-order valence-electron chi connectivity index (χ2n) is 15.4. The van der Waals surface area contributed by atoms with Crippen LogP contribution < -0.4 is 9.59 Å². The Bertz CT molecular complexity index is 2150. The van der Waals surface area contributed by atoms with Gasteiger partial charge in [0.25, 0.3) is 0 Å². The zero-order valence-corrected chi connectivity index (χ0v) is 31.3. The molecule has 1 unspecified atom stereocenters. The summed E-state index contributed by atoms with van der Waals surface area (Å²) in [5.41, 5.74) is 10.5. The van der Waals surface area contributed by atoms with Crippen LogP contribution >= 0.6 is 0 Å². The summed E-state index contributed by atoms with van der Waals surface area (Å²) in [6.45, 7) is 19.9. The van der Waals surface area contributed by atoms with Crippen LogP contribution in [0, 0.1) is 56.3 Å². The van der Waals surface area contributed by atoms with Crippen molar-refractivity contribution in [1.29, 1.82) is 0 Å². The fourth-order valence-corrected chi connectivity index (χ4v) is 8.78. The lowest BCUT2D eigenvalue weighted by atomic mass is 9.69. The summed E-state index contributed by atoms with van der Waals surface area (Å²) in [5.74, 6) is 2.25. The molecule has 2 aliphatic heterocycles. The molecular weight excluding hydrogens is 631 g/mol. The zero-order valence-electron chi connectivity index (χ0n) is 31.3. The third kappa shape index (κ3) is 7.84. The number of rotatable bonds is 9. The highest BCUT2D eigenvalue weighted by Crippen LogP contribution is 2.43. The van der Waals surface area contributed by atoms with E-state index in [1.165, 1.54) is 88.0 Å². The van der Waals surface area contributed by atoms with Crippen molar-refractivity contribution in [2.24, 2.45) is 23.7 Å². The van der Waals surface area contributed by atoms with E-state index in [1.807, 2.05) is 0 Å². The fraction of sp³-hybridized carbons (Fsp3) is 0.286. The summed E-state index contributed by atoms with van der Waals surface area (Å²) in [7, 11) is 0. The van der Waals surface area contributed by atoms with E-state index in [1.54, 1.807) is 0 Å². The Morgan fingerprint density at radius 1 is 0.692 bits per heavy atom. The molecule has 0 saturated heterocycles. The molecule has 3 heterocycles. The predicted octanol–water partition coefficient (Wildman–Crippen LogP) is 9.38. The maximum Gasteiger partial charge on any atom is 0.213 e. The molecule has 52 heavy (non-hydrogen) atoms. The third-order valence-electron chi connectivity index (χ3n) is 11.7. The smallest absolute Gasteiger partial charge is 0.213 e. The highest BCUT2D eigenvalue weighted by Gasteiger charge is 2.32. The van der Waals surface area contributed by atoms with Crippen LogP contribution in [0.5, 0.6) is 0 Å². The van der Waals surface area contributed by atoms with Gasteiger partial charge in [-0.25, -0.2) is 0 Å². The molecule has 0 spiro atoms. The van der Waals surface area contributed by atoms with Gasteiger partial charge in [0.05, 0.1) is 13.4 Å². The Morgan fingerprint density at radius 3 is 1.94 bits per heavy atom. The predicted molar refractivity (Wildman–Crippen MR) is 216 cm³/mol. The van der Waals surface area contributed by atoms with Crippen LogP contribution in [0.15, 0.2) is 139 Å². The normalized spacial score (nSPS) is 24.0. The van der Waals surface area contributed by atoms with Crippen LogP contribution in [0.1, 0.15) is 73.3 Å². The minimum absolute atomic E-state index is 0.396. The number of nitrogens with zero attached hydrogens (tertiary/aromatic N) is 3. The molecule has 0 bridgehead atoms. The molecular formula is C49H54N3+. The molecule has 1 aromatic heterocycles. The van der Waals surface area contributed by atoms with Crippen LogP contribution in [0.4, 0.5) is 0 Å². The molecule has 7 rings (SSSR count). The van der Waals surface area contributed by atoms with Crippen molar-refractivity contribution in [1.82, 2.24) is 0 Å². The molecule has 0 amide bonds. The maximum absolute atomic E-state index is 4.47. The van der Waals surface area contributed by atoms with Gasteiger partial charge in [-0.05, 0) is 103 Å². The molecule has 4 aliphatic rings. The summed E-state index contributed by atoms with van der Waals surface area (Å²) < 4.78 is 6.25. The lowest BCUT2D eigenvalue weighted by Crippen LogP contribution is -2.38.